The Morgan fingerprint density at radius 1 is 0.800 bits per heavy atom. The number of hydrogen-bond acceptors (Lipinski definition) is 5. The molecule has 206 valence electrons. The molecule has 0 bridgehead atoms. The summed E-state index contributed by atoms with van der Waals surface area (Å²) in [6.07, 6.45) is -0.911. The molecule has 4 aromatic carbocycles. The van der Waals surface area contributed by atoms with E-state index >= 15 is 0 Å². The first-order valence-corrected chi connectivity index (χ1v) is 14.0. The summed E-state index contributed by atoms with van der Waals surface area (Å²) in [6.45, 7) is 3.00. The van der Waals surface area contributed by atoms with Crippen molar-refractivity contribution in [1.82, 2.24) is 4.31 Å². The van der Waals surface area contributed by atoms with Crippen molar-refractivity contribution in [2.24, 2.45) is 0 Å². The summed E-state index contributed by atoms with van der Waals surface area (Å²) in [5.74, 6) is -0.984. The van der Waals surface area contributed by atoms with E-state index in [-0.39, 0.29) is 29.2 Å². The summed E-state index contributed by atoms with van der Waals surface area (Å²) in [6, 6.07) is 27.1. The molecule has 0 radical (unpaired) electrons. The quantitative estimate of drug-likeness (QED) is 0.231. The fourth-order valence-corrected chi connectivity index (χ4v) is 5.59. The van der Waals surface area contributed by atoms with Gasteiger partial charge in [0.15, 0.2) is 6.61 Å². The Kier molecular flexibility index (Phi) is 9.08. The maximum Gasteiger partial charge on any atom is 0.412 e. The van der Waals surface area contributed by atoms with Gasteiger partial charge in [-0.1, -0.05) is 66.7 Å². The highest BCUT2D eigenvalue weighted by Gasteiger charge is 2.26. The molecule has 0 aliphatic rings. The third kappa shape index (κ3) is 7.19. The third-order valence-electron chi connectivity index (χ3n) is 6.29. The number of anilines is 1. The largest absolute Gasteiger partial charge is 0.441 e. The van der Waals surface area contributed by atoms with E-state index in [4.69, 9.17) is 4.74 Å². The number of carbonyl (C=O) groups excluding carboxylic acids is 2. The summed E-state index contributed by atoms with van der Waals surface area (Å²) in [7, 11) is -3.93. The number of halogens is 1. The van der Waals surface area contributed by atoms with Crippen molar-refractivity contribution >= 4 is 27.6 Å². The van der Waals surface area contributed by atoms with E-state index < -0.39 is 34.3 Å². The average molecular weight is 561 g/mol. The normalized spacial score (nSPS) is 11.3. The van der Waals surface area contributed by atoms with E-state index in [9.17, 15) is 22.4 Å². The number of carbonyl (C=O) groups is 2. The second kappa shape index (κ2) is 12.7. The number of amides is 1. The van der Waals surface area contributed by atoms with Gasteiger partial charge in [-0.05, 0) is 66.4 Å². The van der Waals surface area contributed by atoms with Gasteiger partial charge in [0.25, 0.3) is 0 Å². The topological polar surface area (TPSA) is 92.8 Å². The van der Waals surface area contributed by atoms with Crippen LogP contribution in [0.15, 0.2) is 102 Å². The van der Waals surface area contributed by atoms with Gasteiger partial charge in [0.2, 0.25) is 15.8 Å². The van der Waals surface area contributed by atoms with Crippen molar-refractivity contribution in [3.8, 4) is 0 Å². The second-order valence-electron chi connectivity index (χ2n) is 9.31. The molecule has 0 aliphatic heterocycles. The van der Waals surface area contributed by atoms with E-state index in [0.29, 0.717) is 11.1 Å². The first-order valence-electron chi connectivity index (χ1n) is 12.6. The van der Waals surface area contributed by atoms with Crippen molar-refractivity contribution < 1.29 is 27.1 Å². The predicted molar refractivity (Wildman–Crippen MR) is 151 cm³/mol. The molecule has 0 fully saturated rings. The van der Waals surface area contributed by atoms with Gasteiger partial charge in [-0.25, -0.2) is 17.6 Å². The van der Waals surface area contributed by atoms with Crippen LogP contribution in [-0.4, -0.2) is 31.2 Å². The molecule has 9 heteroatoms. The van der Waals surface area contributed by atoms with Crippen LogP contribution in [0.2, 0.25) is 0 Å². The second-order valence-corrected chi connectivity index (χ2v) is 11.2. The van der Waals surface area contributed by atoms with Crippen LogP contribution in [0.25, 0.3) is 0 Å². The van der Waals surface area contributed by atoms with Gasteiger partial charge in [0.05, 0.1) is 4.90 Å². The first-order chi connectivity index (χ1) is 19.1. The molecule has 4 aromatic rings. The van der Waals surface area contributed by atoms with Gasteiger partial charge in [-0.15, -0.1) is 0 Å². The zero-order valence-electron chi connectivity index (χ0n) is 22.1. The molecule has 0 saturated carbocycles. The number of Topliss-reactive ketones (excluding diaryl/α,β-unsaturated/α-hetero) is 1. The van der Waals surface area contributed by atoms with E-state index in [0.717, 1.165) is 17.2 Å². The number of ketones is 1. The van der Waals surface area contributed by atoms with Crippen molar-refractivity contribution in [3.05, 3.63) is 131 Å². The first kappa shape index (κ1) is 28.7. The molecule has 0 aromatic heterocycles. The molecule has 1 amide bonds. The Hall–Kier alpha value is -4.34. The van der Waals surface area contributed by atoms with Gasteiger partial charge in [-0.3, -0.25) is 10.1 Å². The van der Waals surface area contributed by atoms with Gasteiger partial charge in [0.1, 0.15) is 5.82 Å². The van der Waals surface area contributed by atoms with Crippen LogP contribution < -0.4 is 5.32 Å². The monoisotopic (exact) mass is 560 g/mol. The van der Waals surface area contributed by atoms with Gasteiger partial charge in [-0.2, -0.15) is 4.31 Å². The average Bonchev–Trinajstić information content (AvgIpc) is 2.94. The summed E-state index contributed by atoms with van der Waals surface area (Å²) in [5.41, 5.74) is 2.96. The van der Waals surface area contributed by atoms with E-state index in [1.54, 1.807) is 13.8 Å². The Morgan fingerprint density at radius 2 is 1.40 bits per heavy atom. The Labute approximate surface area is 233 Å². The zero-order chi connectivity index (χ0) is 28.7. The SMILES string of the molecule is Cc1ccc(NC(=O)OCC(=O)c2ccc(S(=O)(=O)N(Cc3ccccc3)Cc3ccccc3)cc2C)cc1F. The molecule has 0 unspecified atom stereocenters. The van der Waals surface area contributed by atoms with Gasteiger partial charge >= 0.3 is 6.09 Å². The van der Waals surface area contributed by atoms with E-state index in [1.807, 2.05) is 60.7 Å². The highest BCUT2D eigenvalue weighted by Crippen LogP contribution is 2.24. The molecule has 0 atom stereocenters. The summed E-state index contributed by atoms with van der Waals surface area (Å²) < 4.78 is 47.6. The van der Waals surface area contributed by atoms with Crippen LogP contribution in [0.3, 0.4) is 0 Å². The molecule has 4 rings (SSSR count). The van der Waals surface area contributed by atoms with Gasteiger partial charge < -0.3 is 4.74 Å². The number of aryl methyl sites for hydroxylation is 2. The number of nitrogens with zero attached hydrogens (tertiary/aromatic N) is 1. The minimum atomic E-state index is -3.93. The van der Waals surface area contributed by atoms with Crippen molar-refractivity contribution in [2.75, 3.05) is 11.9 Å². The standard InChI is InChI=1S/C31H29FN2O5S/c1-22-13-14-26(18-29(22)32)33-31(36)39-21-30(35)28-16-15-27(17-23(28)2)40(37,38)34(19-24-9-5-3-6-10-24)20-25-11-7-4-8-12-25/h3-18H,19-21H2,1-2H3,(H,33,36). The number of rotatable bonds is 10. The number of nitrogens with one attached hydrogen (secondary N) is 1. The van der Waals surface area contributed by atoms with Crippen LogP contribution in [0.4, 0.5) is 14.9 Å². The highest BCUT2D eigenvalue weighted by molar-refractivity contribution is 7.89. The maximum absolute atomic E-state index is 13.7. The number of benzene rings is 4. The molecule has 7 nitrogen and oxygen atoms in total. The minimum Gasteiger partial charge on any atom is -0.441 e. The molecule has 0 heterocycles. The molecule has 0 saturated heterocycles. The lowest BCUT2D eigenvalue weighted by Crippen LogP contribution is -2.30. The molecular weight excluding hydrogens is 531 g/mol. The molecule has 0 spiro atoms. The lowest BCUT2D eigenvalue weighted by Gasteiger charge is -2.23. The minimum absolute atomic E-state index is 0.0495. The lowest BCUT2D eigenvalue weighted by molar-refractivity contribution is 0.0862. The van der Waals surface area contributed by atoms with Gasteiger partial charge in [0, 0.05) is 24.3 Å². The van der Waals surface area contributed by atoms with Crippen molar-refractivity contribution in [1.29, 1.82) is 0 Å². The van der Waals surface area contributed by atoms with Crippen LogP contribution in [0.1, 0.15) is 32.6 Å². The summed E-state index contributed by atoms with van der Waals surface area (Å²) in [5, 5.41) is 2.37. The van der Waals surface area contributed by atoms with Crippen LogP contribution in [-0.2, 0) is 27.8 Å². The maximum atomic E-state index is 13.7. The number of sulfonamides is 1. The van der Waals surface area contributed by atoms with E-state index in [1.165, 1.54) is 34.6 Å². The smallest absolute Gasteiger partial charge is 0.412 e. The van der Waals surface area contributed by atoms with Crippen molar-refractivity contribution in [2.45, 2.75) is 31.8 Å². The van der Waals surface area contributed by atoms with E-state index in [2.05, 4.69) is 5.32 Å². The predicted octanol–water partition coefficient (Wildman–Crippen LogP) is 6.27. The van der Waals surface area contributed by atoms with Crippen LogP contribution in [0.5, 0.6) is 0 Å². The summed E-state index contributed by atoms with van der Waals surface area (Å²) >= 11 is 0. The fraction of sp³-hybridized carbons (Fsp3) is 0.161. The molecule has 0 aliphatic carbocycles. The Morgan fingerprint density at radius 3 is 1.95 bits per heavy atom. The Bertz CT molecular complexity index is 1570. The summed E-state index contributed by atoms with van der Waals surface area (Å²) in [4.78, 5) is 24.9. The highest BCUT2D eigenvalue weighted by atomic mass is 32.2. The lowest BCUT2D eigenvalue weighted by atomic mass is 10.1. The Balaban J connectivity index is 1.48. The number of hydrogen-bond donors (Lipinski definition) is 1. The third-order valence-corrected chi connectivity index (χ3v) is 8.08. The molecular formula is C31H29FN2O5S. The fourth-order valence-electron chi connectivity index (χ4n) is 4.09. The number of ether oxygens (including phenoxy) is 1. The molecule has 1 N–H and O–H groups in total. The van der Waals surface area contributed by atoms with Crippen LogP contribution >= 0.6 is 0 Å². The van der Waals surface area contributed by atoms with Crippen LogP contribution in [0, 0.1) is 19.7 Å². The zero-order valence-corrected chi connectivity index (χ0v) is 23.0. The molecule has 40 heavy (non-hydrogen) atoms. The van der Waals surface area contributed by atoms with Crippen molar-refractivity contribution in [3.63, 3.8) is 0 Å².